The van der Waals surface area contributed by atoms with Gasteiger partial charge in [-0.3, -0.25) is 0 Å². The van der Waals surface area contributed by atoms with Crippen molar-refractivity contribution in [1.29, 1.82) is 0 Å². The van der Waals surface area contributed by atoms with Gasteiger partial charge >= 0.3 is 0 Å². The number of epoxide rings is 1. The smallest absolute Gasteiger partial charge is 0.0922 e. The Morgan fingerprint density at radius 2 is 1.40 bits per heavy atom. The summed E-state index contributed by atoms with van der Waals surface area (Å²) >= 11 is 3.47. The maximum absolute atomic E-state index is 5.75. The summed E-state index contributed by atoms with van der Waals surface area (Å²) in [5.74, 6) is 0. The predicted molar refractivity (Wildman–Crippen MR) is 85.9 cm³/mol. The molecular weight excluding hydrogens is 312 g/mol. The zero-order valence-corrected chi connectivity index (χ0v) is 13.1. The van der Waals surface area contributed by atoms with E-state index in [1.165, 1.54) is 11.1 Å². The zero-order valence-electron chi connectivity index (χ0n) is 11.5. The molecule has 0 bridgehead atoms. The molecule has 1 unspecified atom stereocenters. The molecule has 104 valence electrons. The van der Waals surface area contributed by atoms with E-state index in [2.05, 4.69) is 70.5 Å². The Balaban J connectivity index is 1.51. The lowest BCUT2D eigenvalue weighted by atomic mass is 9.94. The van der Waals surface area contributed by atoms with Crippen LogP contribution >= 0.6 is 15.9 Å². The number of ether oxygens (including phenoxy) is 1. The number of rotatable bonds is 6. The van der Waals surface area contributed by atoms with E-state index in [4.69, 9.17) is 4.74 Å². The molecule has 0 N–H and O–H groups in total. The quantitative estimate of drug-likeness (QED) is 0.694. The second-order valence-electron chi connectivity index (χ2n) is 5.58. The van der Waals surface area contributed by atoms with Gasteiger partial charge in [0.15, 0.2) is 0 Å². The minimum Gasteiger partial charge on any atom is -0.370 e. The lowest BCUT2D eigenvalue weighted by Gasteiger charge is -2.12. The van der Waals surface area contributed by atoms with Crippen molar-refractivity contribution < 1.29 is 4.74 Å². The van der Waals surface area contributed by atoms with E-state index in [1.54, 1.807) is 0 Å². The lowest BCUT2D eigenvalue weighted by molar-refractivity contribution is 0.274. The van der Waals surface area contributed by atoms with Crippen LogP contribution in [0, 0.1) is 0 Å². The molecule has 0 aromatic heterocycles. The van der Waals surface area contributed by atoms with Crippen LogP contribution in [-0.2, 0) is 17.6 Å². The SMILES string of the molecule is Brc1ccc(CCC2(CCc3ccccc3)CO2)cc1. The van der Waals surface area contributed by atoms with Gasteiger partial charge in [-0.1, -0.05) is 58.4 Å². The Hall–Kier alpha value is -1.12. The average Bonchev–Trinajstić information content (AvgIpc) is 3.26. The lowest BCUT2D eigenvalue weighted by Crippen LogP contribution is -2.13. The Kier molecular flexibility index (Phi) is 4.23. The van der Waals surface area contributed by atoms with Gasteiger partial charge in [-0.2, -0.15) is 0 Å². The molecule has 0 saturated carbocycles. The molecule has 20 heavy (non-hydrogen) atoms. The van der Waals surface area contributed by atoms with E-state index in [1.807, 2.05) is 0 Å². The summed E-state index contributed by atoms with van der Waals surface area (Å²) in [6.45, 7) is 0.927. The van der Waals surface area contributed by atoms with Gasteiger partial charge in [0.1, 0.15) is 0 Å². The van der Waals surface area contributed by atoms with E-state index < -0.39 is 0 Å². The summed E-state index contributed by atoms with van der Waals surface area (Å²) in [5, 5.41) is 0. The summed E-state index contributed by atoms with van der Waals surface area (Å²) < 4.78 is 6.90. The highest BCUT2D eigenvalue weighted by Gasteiger charge is 2.43. The van der Waals surface area contributed by atoms with Crippen LogP contribution in [0.1, 0.15) is 24.0 Å². The molecule has 0 radical (unpaired) electrons. The minimum absolute atomic E-state index is 0.142. The largest absolute Gasteiger partial charge is 0.370 e. The third kappa shape index (κ3) is 3.71. The molecule has 1 aliphatic rings. The van der Waals surface area contributed by atoms with Crippen LogP contribution in [0.25, 0.3) is 0 Å². The van der Waals surface area contributed by atoms with Crippen molar-refractivity contribution in [2.45, 2.75) is 31.3 Å². The van der Waals surface area contributed by atoms with E-state index in [9.17, 15) is 0 Å². The van der Waals surface area contributed by atoms with Crippen LogP contribution in [0.3, 0.4) is 0 Å². The van der Waals surface area contributed by atoms with Crippen molar-refractivity contribution in [3.05, 3.63) is 70.2 Å². The number of halogens is 1. The van der Waals surface area contributed by atoms with Crippen molar-refractivity contribution in [1.82, 2.24) is 0 Å². The summed E-state index contributed by atoms with van der Waals surface area (Å²) in [4.78, 5) is 0. The number of aryl methyl sites for hydroxylation is 2. The summed E-state index contributed by atoms with van der Waals surface area (Å²) in [5.41, 5.74) is 2.94. The molecule has 2 aromatic rings. The van der Waals surface area contributed by atoms with Gasteiger partial charge in [0.05, 0.1) is 12.2 Å². The second kappa shape index (κ2) is 6.11. The monoisotopic (exact) mass is 330 g/mol. The highest BCUT2D eigenvalue weighted by atomic mass is 79.9. The number of benzene rings is 2. The van der Waals surface area contributed by atoms with Gasteiger partial charge in [0, 0.05) is 4.47 Å². The molecule has 3 rings (SSSR count). The first-order valence-corrected chi connectivity index (χ1v) is 7.97. The number of hydrogen-bond acceptors (Lipinski definition) is 1. The highest BCUT2D eigenvalue weighted by Crippen LogP contribution is 2.37. The Morgan fingerprint density at radius 3 is 1.95 bits per heavy atom. The first kappa shape index (κ1) is 13.8. The predicted octanol–water partition coefficient (Wildman–Crippen LogP) is 4.78. The first-order chi connectivity index (χ1) is 9.76. The average molecular weight is 331 g/mol. The van der Waals surface area contributed by atoms with Crippen LogP contribution in [0.5, 0.6) is 0 Å². The Morgan fingerprint density at radius 1 is 0.850 bits per heavy atom. The molecule has 2 heteroatoms. The van der Waals surface area contributed by atoms with Crippen molar-refractivity contribution >= 4 is 15.9 Å². The molecule has 1 nitrogen and oxygen atoms in total. The fourth-order valence-corrected chi connectivity index (χ4v) is 2.82. The Labute approximate surface area is 129 Å². The van der Waals surface area contributed by atoms with E-state index in [0.717, 1.165) is 36.8 Å². The van der Waals surface area contributed by atoms with Crippen molar-refractivity contribution in [2.75, 3.05) is 6.61 Å². The minimum atomic E-state index is 0.142. The summed E-state index contributed by atoms with van der Waals surface area (Å²) in [6.07, 6.45) is 4.47. The molecule has 0 aliphatic carbocycles. The van der Waals surface area contributed by atoms with Gasteiger partial charge < -0.3 is 4.74 Å². The fourth-order valence-electron chi connectivity index (χ4n) is 2.56. The van der Waals surface area contributed by atoms with Gasteiger partial charge in [0.2, 0.25) is 0 Å². The Bertz CT molecular complexity index is 543. The maximum Gasteiger partial charge on any atom is 0.0922 e. The molecule has 1 aliphatic heterocycles. The van der Waals surface area contributed by atoms with Crippen molar-refractivity contribution in [2.24, 2.45) is 0 Å². The van der Waals surface area contributed by atoms with Crippen LogP contribution < -0.4 is 0 Å². The van der Waals surface area contributed by atoms with Crippen LogP contribution in [0.15, 0.2) is 59.1 Å². The molecule has 1 atom stereocenters. The third-order valence-electron chi connectivity index (χ3n) is 4.05. The van der Waals surface area contributed by atoms with E-state index in [-0.39, 0.29) is 5.60 Å². The normalized spacial score (nSPS) is 20.9. The molecular formula is C18H19BrO. The second-order valence-corrected chi connectivity index (χ2v) is 6.50. The molecule has 1 saturated heterocycles. The van der Waals surface area contributed by atoms with Crippen LogP contribution in [-0.4, -0.2) is 12.2 Å². The van der Waals surface area contributed by atoms with Crippen molar-refractivity contribution in [3.63, 3.8) is 0 Å². The standard InChI is InChI=1S/C18H19BrO/c19-17-8-6-16(7-9-17)11-13-18(14-20-18)12-10-15-4-2-1-3-5-15/h1-9H,10-14H2. The van der Waals surface area contributed by atoms with Crippen molar-refractivity contribution in [3.8, 4) is 0 Å². The molecule has 0 amide bonds. The van der Waals surface area contributed by atoms with Gasteiger partial charge in [-0.25, -0.2) is 0 Å². The van der Waals surface area contributed by atoms with E-state index in [0.29, 0.717) is 0 Å². The highest BCUT2D eigenvalue weighted by molar-refractivity contribution is 9.10. The molecule has 1 heterocycles. The molecule has 0 spiro atoms. The topological polar surface area (TPSA) is 12.5 Å². The molecule has 1 fully saturated rings. The first-order valence-electron chi connectivity index (χ1n) is 7.18. The molecule has 2 aromatic carbocycles. The number of hydrogen-bond donors (Lipinski definition) is 0. The maximum atomic E-state index is 5.75. The van der Waals surface area contributed by atoms with Crippen LogP contribution in [0.2, 0.25) is 0 Å². The summed E-state index contributed by atoms with van der Waals surface area (Å²) in [6, 6.07) is 19.3. The van der Waals surface area contributed by atoms with Crippen LogP contribution in [0.4, 0.5) is 0 Å². The van der Waals surface area contributed by atoms with Gasteiger partial charge in [-0.15, -0.1) is 0 Å². The van der Waals surface area contributed by atoms with Gasteiger partial charge in [-0.05, 0) is 48.9 Å². The zero-order chi connectivity index (χ0) is 13.8. The van der Waals surface area contributed by atoms with Gasteiger partial charge in [0.25, 0.3) is 0 Å². The third-order valence-corrected chi connectivity index (χ3v) is 4.58. The summed E-state index contributed by atoms with van der Waals surface area (Å²) in [7, 11) is 0. The fraction of sp³-hybridized carbons (Fsp3) is 0.333. The van der Waals surface area contributed by atoms with E-state index >= 15 is 0 Å².